The molecule has 1 rings (SSSR count). The van der Waals surface area contributed by atoms with Gasteiger partial charge in [-0.25, -0.2) is 8.42 Å². The number of rotatable bonds is 5. The van der Waals surface area contributed by atoms with Crippen LogP contribution in [0.1, 0.15) is 13.3 Å². The zero-order valence-corrected chi connectivity index (χ0v) is 12.6. The molecule has 0 aromatic rings. The predicted molar refractivity (Wildman–Crippen MR) is 75.2 cm³/mol. The van der Waals surface area contributed by atoms with Crippen molar-refractivity contribution in [3.8, 4) is 0 Å². The second-order valence-corrected chi connectivity index (χ2v) is 6.70. The second-order valence-electron chi connectivity index (χ2n) is 4.16. The number of nitrogens with two attached hydrogens (primary N) is 1. The first-order chi connectivity index (χ1) is 8.86. The Morgan fingerprint density at radius 3 is 2.74 bits per heavy atom. The molecule has 0 saturated carbocycles. The molecular formula is C10H19N3O4S2. The van der Waals surface area contributed by atoms with Gasteiger partial charge in [-0.2, -0.15) is 4.31 Å². The number of morpholine rings is 1. The first kappa shape index (κ1) is 16.3. The van der Waals surface area contributed by atoms with Gasteiger partial charge >= 0.3 is 0 Å². The van der Waals surface area contributed by atoms with E-state index in [2.05, 4.69) is 5.32 Å². The molecule has 0 bridgehead atoms. The summed E-state index contributed by atoms with van der Waals surface area (Å²) >= 11 is 4.81. The van der Waals surface area contributed by atoms with Gasteiger partial charge in [0.15, 0.2) is 0 Å². The number of nitrogens with zero attached hydrogens (tertiary/aromatic N) is 1. The zero-order chi connectivity index (χ0) is 14.6. The molecule has 7 nitrogen and oxygen atoms in total. The Labute approximate surface area is 118 Å². The molecule has 9 heteroatoms. The molecular weight excluding hydrogens is 290 g/mol. The summed E-state index contributed by atoms with van der Waals surface area (Å²) < 4.78 is 31.3. The molecule has 2 unspecified atom stereocenters. The third kappa shape index (κ3) is 3.41. The molecule has 1 aliphatic heterocycles. The van der Waals surface area contributed by atoms with Crippen LogP contribution in [0, 0.1) is 0 Å². The monoisotopic (exact) mass is 309 g/mol. The van der Waals surface area contributed by atoms with Crippen molar-refractivity contribution >= 4 is 33.1 Å². The summed E-state index contributed by atoms with van der Waals surface area (Å²) in [5.41, 5.74) is 5.49. The van der Waals surface area contributed by atoms with Gasteiger partial charge in [0.05, 0.1) is 18.2 Å². The van der Waals surface area contributed by atoms with Crippen LogP contribution in [-0.4, -0.2) is 61.7 Å². The van der Waals surface area contributed by atoms with Crippen molar-refractivity contribution in [2.45, 2.75) is 24.6 Å². The molecule has 3 N–H and O–H groups in total. The molecule has 2 atom stereocenters. The van der Waals surface area contributed by atoms with Crippen molar-refractivity contribution in [3.63, 3.8) is 0 Å². The van der Waals surface area contributed by atoms with Gasteiger partial charge < -0.3 is 15.8 Å². The van der Waals surface area contributed by atoms with Gasteiger partial charge in [0.25, 0.3) is 0 Å². The molecule has 0 aromatic carbocycles. The molecule has 1 saturated heterocycles. The number of hydrogen-bond donors (Lipinski definition) is 2. The highest BCUT2D eigenvalue weighted by Gasteiger charge is 2.41. The number of nitrogens with one attached hydrogen (secondary N) is 1. The normalized spacial score (nSPS) is 22.7. The van der Waals surface area contributed by atoms with E-state index in [1.54, 1.807) is 6.92 Å². The number of carbonyl (C=O) groups is 1. The number of likely N-dealkylation sites (N-methyl/N-ethyl adjacent to an activating group) is 1. The predicted octanol–water partition coefficient (Wildman–Crippen LogP) is -1.17. The van der Waals surface area contributed by atoms with E-state index in [0.29, 0.717) is 0 Å². The first-order valence-electron chi connectivity index (χ1n) is 5.95. The maximum absolute atomic E-state index is 12.5. The molecule has 19 heavy (non-hydrogen) atoms. The highest BCUT2D eigenvalue weighted by molar-refractivity contribution is 7.92. The SMILES string of the molecule is CCC(C(N)=S)S(=O)(=O)N1CCOCC1C(=O)NC. The van der Waals surface area contributed by atoms with E-state index < -0.39 is 27.2 Å². The van der Waals surface area contributed by atoms with E-state index in [4.69, 9.17) is 22.7 Å². The van der Waals surface area contributed by atoms with Crippen LogP contribution in [0.4, 0.5) is 0 Å². The number of ether oxygens (including phenoxy) is 1. The second kappa shape index (κ2) is 6.60. The summed E-state index contributed by atoms with van der Waals surface area (Å²) in [6, 6.07) is -0.868. The zero-order valence-electron chi connectivity index (χ0n) is 11.0. The topological polar surface area (TPSA) is 102 Å². The minimum absolute atomic E-state index is 0.0344. The van der Waals surface area contributed by atoms with Crippen LogP contribution in [0.15, 0.2) is 0 Å². The summed E-state index contributed by atoms with van der Waals surface area (Å²) in [6.07, 6.45) is 0.273. The van der Waals surface area contributed by atoms with E-state index in [9.17, 15) is 13.2 Å². The average Bonchev–Trinajstić information content (AvgIpc) is 2.37. The Morgan fingerprint density at radius 1 is 1.63 bits per heavy atom. The van der Waals surface area contributed by atoms with Crippen LogP contribution in [0.5, 0.6) is 0 Å². The van der Waals surface area contributed by atoms with Crippen molar-refractivity contribution in [2.24, 2.45) is 5.73 Å². The average molecular weight is 309 g/mol. The summed E-state index contributed by atoms with van der Waals surface area (Å²) in [5.74, 6) is -0.402. The number of thiocarbonyl (C=S) groups is 1. The first-order valence-corrected chi connectivity index (χ1v) is 7.86. The summed E-state index contributed by atoms with van der Waals surface area (Å²) in [7, 11) is -2.30. The third-order valence-electron chi connectivity index (χ3n) is 3.00. The minimum Gasteiger partial charge on any atom is -0.392 e. The fourth-order valence-corrected chi connectivity index (χ4v) is 4.40. The van der Waals surface area contributed by atoms with Crippen LogP contribution in [-0.2, 0) is 19.6 Å². The summed E-state index contributed by atoms with van der Waals surface area (Å²) in [4.78, 5) is 11.7. The Morgan fingerprint density at radius 2 is 2.26 bits per heavy atom. The lowest BCUT2D eigenvalue weighted by molar-refractivity contribution is -0.128. The Kier molecular flexibility index (Phi) is 5.65. The van der Waals surface area contributed by atoms with Crippen LogP contribution in [0.25, 0.3) is 0 Å². The van der Waals surface area contributed by atoms with Gasteiger partial charge in [0.1, 0.15) is 11.3 Å². The van der Waals surface area contributed by atoms with Crippen LogP contribution in [0.3, 0.4) is 0 Å². The fraction of sp³-hybridized carbons (Fsp3) is 0.800. The summed E-state index contributed by atoms with van der Waals surface area (Å²) in [6.45, 7) is 2.10. The molecule has 0 aliphatic carbocycles. The van der Waals surface area contributed by atoms with E-state index in [1.807, 2.05) is 0 Å². The lowest BCUT2D eigenvalue weighted by Crippen LogP contribution is -2.58. The van der Waals surface area contributed by atoms with Crippen molar-refractivity contribution in [3.05, 3.63) is 0 Å². The van der Waals surface area contributed by atoms with E-state index in [1.165, 1.54) is 7.05 Å². The number of sulfonamides is 1. The Hall–Kier alpha value is -0.770. The lowest BCUT2D eigenvalue weighted by Gasteiger charge is -2.35. The smallest absolute Gasteiger partial charge is 0.240 e. The van der Waals surface area contributed by atoms with Gasteiger partial charge in [-0.05, 0) is 6.42 Å². The standard InChI is InChI=1S/C10H19N3O4S2/c1-3-8(9(11)18)19(15,16)13-4-5-17-6-7(13)10(14)12-2/h7-8H,3-6H2,1-2H3,(H2,11,18)(H,12,14). The quantitative estimate of drug-likeness (QED) is 0.620. The van der Waals surface area contributed by atoms with Crippen molar-refractivity contribution in [1.82, 2.24) is 9.62 Å². The van der Waals surface area contributed by atoms with Crippen LogP contribution < -0.4 is 11.1 Å². The maximum Gasteiger partial charge on any atom is 0.240 e. The molecule has 110 valence electrons. The number of hydrogen-bond acceptors (Lipinski definition) is 5. The minimum atomic E-state index is -3.75. The molecule has 1 fully saturated rings. The van der Waals surface area contributed by atoms with Gasteiger partial charge in [-0.3, -0.25) is 4.79 Å². The largest absolute Gasteiger partial charge is 0.392 e. The van der Waals surface area contributed by atoms with Gasteiger partial charge in [-0.1, -0.05) is 19.1 Å². The number of amides is 1. The number of carbonyl (C=O) groups excluding carboxylic acids is 1. The Bertz CT molecular complexity index is 452. The fourth-order valence-electron chi connectivity index (χ4n) is 1.99. The molecule has 0 radical (unpaired) electrons. The van der Waals surface area contributed by atoms with Crippen LogP contribution in [0.2, 0.25) is 0 Å². The highest BCUT2D eigenvalue weighted by Crippen LogP contribution is 2.19. The van der Waals surface area contributed by atoms with Crippen LogP contribution >= 0.6 is 12.2 Å². The van der Waals surface area contributed by atoms with E-state index in [-0.39, 0.29) is 31.2 Å². The van der Waals surface area contributed by atoms with Crippen molar-refractivity contribution < 1.29 is 17.9 Å². The van der Waals surface area contributed by atoms with Crippen molar-refractivity contribution in [1.29, 1.82) is 0 Å². The van der Waals surface area contributed by atoms with E-state index >= 15 is 0 Å². The third-order valence-corrected chi connectivity index (χ3v) is 5.83. The van der Waals surface area contributed by atoms with Gasteiger partial charge in [0, 0.05) is 13.6 Å². The van der Waals surface area contributed by atoms with Crippen molar-refractivity contribution in [2.75, 3.05) is 26.8 Å². The molecule has 1 aliphatic rings. The van der Waals surface area contributed by atoms with E-state index in [0.717, 1.165) is 4.31 Å². The Balaban J connectivity index is 3.08. The van der Waals surface area contributed by atoms with Gasteiger partial charge in [0.2, 0.25) is 15.9 Å². The molecule has 1 amide bonds. The lowest BCUT2D eigenvalue weighted by atomic mass is 10.2. The van der Waals surface area contributed by atoms with Gasteiger partial charge in [-0.15, -0.1) is 0 Å². The summed E-state index contributed by atoms with van der Waals surface area (Å²) in [5, 5.41) is 1.48. The molecule has 1 heterocycles. The molecule has 0 spiro atoms. The highest BCUT2D eigenvalue weighted by atomic mass is 32.2. The molecule has 0 aromatic heterocycles. The maximum atomic E-state index is 12.5.